The van der Waals surface area contributed by atoms with Gasteiger partial charge in [-0.1, -0.05) is 122 Å². The van der Waals surface area contributed by atoms with E-state index in [0.29, 0.717) is 0 Å². The molecule has 0 radical (unpaired) electrons. The summed E-state index contributed by atoms with van der Waals surface area (Å²) < 4.78 is 11.9. The summed E-state index contributed by atoms with van der Waals surface area (Å²) in [6.07, 6.45) is 17.6. The average Bonchev–Trinajstić information content (AvgIpc) is 3.76. The summed E-state index contributed by atoms with van der Waals surface area (Å²) >= 11 is 0. The number of rotatable bonds is 6. The van der Waals surface area contributed by atoms with E-state index in [9.17, 15) is 0 Å². The van der Waals surface area contributed by atoms with Crippen LogP contribution in [0.5, 0.6) is 5.75 Å². The first-order chi connectivity index (χ1) is 25.2. The van der Waals surface area contributed by atoms with Crippen molar-refractivity contribution in [3.63, 3.8) is 0 Å². The molecule has 0 fully saturated rings. The summed E-state index contributed by atoms with van der Waals surface area (Å²) in [7, 11) is 0. The van der Waals surface area contributed by atoms with Gasteiger partial charge in [-0.2, -0.15) is 0 Å². The number of furan rings is 1. The quantitative estimate of drug-likeness (QED) is 0.181. The van der Waals surface area contributed by atoms with E-state index in [0.717, 1.165) is 61.8 Å². The van der Waals surface area contributed by atoms with Crippen molar-refractivity contribution in [1.29, 1.82) is 0 Å². The van der Waals surface area contributed by atoms with Crippen molar-refractivity contribution < 1.29 is 9.15 Å². The summed E-state index contributed by atoms with van der Waals surface area (Å²) in [6, 6.07) is 44.9. The van der Waals surface area contributed by atoms with Gasteiger partial charge in [0.1, 0.15) is 16.9 Å². The lowest BCUT2D eigenvalue weighted by atomic mass is 9.97. The highest BCUT2D eigenvalue weighted by atomic mass is 16.5. The predicted octanol–water partition coefficient (Wildman–Crippen LogP) is 13.3. The number of allylic oxidation sites excluding steroid dienone is 7. The molecule has 1 atom stereocenters. The van der Waals surface area contributed by atoms with E-state index in [1.165, 1.54) is 33.0 Å². The molecule has 3 heteroatoms. The van der Waals surface area contributed by atoms with E-state index in [1.54, 1.807) is 6.26 Å². The van der Waals surface area contributed by atoms with Gasteiger partial charge in [0.2, 0.25) is 0 Å². The Labute approximate surface area is 296 Å². The average molecular weight is 658 g/mol. The third kappa shape index (κ3) is 5.89. The Bertz CT molecular complexity index is 2710. The molecule has 0 spiro atoms. The lowest BCUT2D eigenvalue weighted by Gasteiger charge is -2.06. The summed E-state index contributed by atoms with van der Waals surface area (Å²) in [6.45, 7) is 4.15. The molecule has 0 aliphatic carbocycles. The Morgan fingerprint density at radius 3 is 2.20 bits per heavy atom. The van der Waals surface area contributed by atoms with Crippen molar-refractivity contribution in [3.8, 4) is 28.0 Å². The predicted molar refractivity (Wildman–Crippen MR) is 215 cm³/mol. The van der Waals surface area contributed by atoms with Crippen LogP contribution in [-0.4, -0.2) is 4.98 Å². The highest BCUT2D eigenvalue weighted by molar-refractivity contribution is 6.10. The van der Waals surface area contributed by atoms with Crippen molar-refractivity contribution in [2.24, 2.45) is 5.92 Å². The molecule has 0 amide bonds. The smallest absolute Gasteiger partial charge is 0.135 e. The number of H-pyrrole nitrogens is 1. The molecule has 3 nitrogen and oxygen atoms in total. The first kappa shape index (κ1) is 30.5. The lowest BCUT2D eigenvalue weighted by molar-refractivity contribution is 0.477. The molecule has 9 rings (SSSR count). The van der Waals surface area contributed by atoms with Crippen LogP contribution < -0.4 is 4.74 Å². The van der Waals surface area contributed by atoms with Crippen molar-refractivity contribution >= 4 is 55.4 Å². The fourth-order valence-electron chi connectivity index (χ4n) is 7.11. The molecule has 0 bridgehead atoms. The van der Waals surface area contributed by atoms with Crippen LogP contribution in [0.15, 0.2) is 181 Å². The van der Waals surface area contributed by atoms with E-state index in [2.05, 4.69) is 145 Å². The number of ether oxygens (including phenoxy) is 1. The summed E-state index contributed by atoms with van der Waals surface area (Å²) in [5.74, 6) is 1.12. The van der Waals surface area contributed by atoms with Gasteiger partial charge < -0.3 is 14.1 Å². The molecule has 1 N–H and O–H groups in total. The molecule has 0 saturated heterocycles. The monoisotopic (exact) mass is 657 g/mol. The van der Waals surface area contributed by atoms with Crippen LogP contribution in [0.25, 0.3) is 77.6 Å². The number of fused-ring (bicyclic) bond motifs is 7. The van der Waals surface area contributed by atoms with Crippen LogP contribution in [0, 0.1) is 5.92 Å². The third-order valence-electron chi connectivity index (χ3n) is 9.86. The van der Waals surface area contributed by atoms with Crippen LogP contribution in [-0.2, 0) is 0 Å². The van der Waals surface area contributed by atoms with E-state index in [4.69, 9.17) is 9.15 Å². The highest BCUT2D eigenvalue weighted by Crippen LogP contribution is 2.35. The van der Waals surface area contributed by atoms with Gasteiger partial charge in [0, 0.05) is 38.1 Å². The van der Waals surface area contributed by atoms with Crippen LogP contribution >= 0.6 is 0 Å². The number of aromatic nitrogens is 1. The minimum Gasteiger partial charge on any atom is -0.465 e. The Morgan fingerprint density at radius 2 is 1.35 bits per heavy atom. The first-order valence-corrected chi connectivity index (χ1v) is 17.4. The number of nitrogens with one attached hydrogen (secondary N) is 1. The summed E-state index contributed by atoms with van der Waals surface area (Å²) in [5, 5.41) is 4.69. The standard InChI is InChI=1S/C48H35NO2/c1-2-33(12-7-9-32-10-8-28-50-46-14-5-3-11-36(46)17-16-32)37-22-25-44-41(29-37)42-30-38(23-26-45(42)49-44)34-18-20-35(21-19-34)39-24-27-48-43(31-39)40-13-4-6-15-47(40)51-48/h2-9,11-32,49H,1,10H2/b9-7+,17-16+,28-8+,33-12+. The summed E-state index contributed by atoms with van der Waals surface area (Å²) in [5.41, 5.74) is 12.1. The molecule has 6 aromatic carbocycles. The maximum atomic E-state index is 6.04. The zero-order valence-corrected chi connectivity index (χ0v) is 28.1. The Morgan fingerprint density at radius 1 is 0.667 bits per heavy atom. The molecule has 3 heterocycles. The van der Waals surface area contributed by atoms with Crippen LogP contribution in [0.4, 0.5) is 0 Å². The fraction of sp³-hybridized carbons (Fsp3) is 0.0417. The zero-order valence-electron chi connectivity index (χ0n) is 28.1. The molecule has 51 heavy (non-hydrogen) atoms. The first-order valence-electron chi connectivity index (χ1n) is 17.4. The molecule has 0 saturated carbocycles. The minimum atomic E-state index is 0.252. The second-order valence-corrected chi connectivity index (χ2v) is 13.0. The van der Waals surface area contributed by atoms with Gasteiger partial charge in [-0.05, 0) is 100 Å². The molecular formula is C48H35NO2. The maximum Gasteiger partial charge on any atom is 0.135 e. The molecule has 2 aromatic heterocycles. The highest BCUT2D eigenvalue weighted by Gasteiger charge is 2.11. The lowest BCUT2D eigenvalue weighted by Crippen LogP contribution is -1.89. The van der Waals surface area contributed by atoms with E-state index >= 15 is 0 Å². The second-order valence-electron chi connectivity index (χ2n) is 13.0. The van der Waals surface area contributed by atoms with Gasteiger partial charge in [0.25, 0.3) is 0 Å². The Balaban J connectivity index is 0.987. The van der Waals surface area contributed by atoms with Gasteiger partial charge in [-0.15, -0.1) is 0 Å². The molecule has 1 aliphatic heterocycles. The van der Waals surface area contributed by atoms with Crippen molar-refractivity contribution in [3.05, 3.63) is 188 Å². The molecule has 8 aromatic rings. The van der Waals surface area contributed by atoms with E-state index < -0.39 is 0 Å². The van der Waals surface area contributed by atoms with Crippen LogP contribution in [0.1, 0.15) is 17.5 Å². The zero-order chi connectivity index (χ0) is 34.1. The topological polar surface area (TPSA) is 38.2 Å². The Hall–Kier alpha value is -6.58. The van der Waals surface area contributed by atoms with E-state index in [1.807, 2.05) is 36.4 Å². The maximum absolute atomic E-state index is 6.04. The van der Waals surface area contributed by atoms with Crippen molar-refractivity contribution in [2.75, 3.05) is 0 Å². The number of hydrogen-bond donors (Lipinski definition) is 1. The molecular weight excluding hydrogens is 623 g/mol. The number of hydrogen-bond acceptors (Lipinski definition) is 2. The van der Waals surface area contributed by atoms with E-state index in [-0.39, 0.29) is 5.92 Å². The SMILES string of the molecule is C=C/C(=C\C=C\C1/C=C/c2ccccc2O/C=C/C1)c1ccc2[nH]c3ccc(-c4ccc(-c5ccc6oc7ccccc7c6c5)cc4)cc3c2c1. The largest absolute Gasteiger partial charge is 0.465 e. The third-order valence-corrected chi connectivity index (χ3v) is 9.86. The van der Waals surface area contributed by atoms with Crippen molar-refractivity contribution in [2.45, 2.75) is 6.42 Å². The van der Waals surface area contributed by atoms with Gasteiger partial charge in [0.15, 0.2) is 0 Å². The number of aromatic amines is 1. The van der Waals surface area contributed by atoms with Gasteiger partial charge >= 0.3 is 0 Å². The molecule has 1 unspecified atom stereocenters. The number of benzene rings is 6. The Kier molecular flexibility index (Phi) is 7.79. The molecule has 244 valence electrons. The fourth-order valence-corrected chi connectivity index (χ4v) is 7.11. The van der Waals surface area contributed by atoms with Crippen LogP contribution in [0.2, 0.25) is 0 Å². The van der Waals surface area contributed by atoms with Crippen LogP contribution in [0.3, 0.4) is 0 Å². The minimum absolute atomic E-state index is 0.252. The molecule has 1 aliphatic rings. The van der Waals surface area contributed by atoms with Gasteiger partial charge in [-0.25, -0.2) is 0 Å². The second kappa shape index (κ2) is 13.0. The number of para-hydroxylation sites is 2. The summed E-state index contributed by atoms with van der Waals surface area (Å²) in [4.78, 5) is 3.61. The van der Waals surface area contributed by atoms with Gasteiger partial charge in [0.05, 0.1) is 6.26 Å². The van der Waals surface area contributed by atoms with Gasteiger partial charge in [-0.3, -0.25) is 0 Å². The normalized spacial score (nSPS) is 16.2. The van der Waals surface area contributed by atoms with Crippen molar-refractivity contribution in [1.82, 2.24) is 4.98 Å².